The predicted molar refractivity (Wildman–Crippen MR) is 75.2 cm³/mol. The van der Waals surface area contributed by atoms with E-state index in [9.17, 15) is 8.78 Å². The standard InChI is InChI=1S/C15H22F2N2/c1-15(2)6-4-11(5-7-15)19(3)13-9-10(16)8-12(17)14(13)18/h8-9,11H,4-7,18H2,1-3H3. The van der Waals surface area contributed by atoms with Crippen LogP contribution < -0.4 is 10.6 Å². The molecule has 1 saturated carbocycles. The van der Waals surface area contributed by atoms with Gasteiger partial charge in [0.2, 0.25) is 0 Å². The Morgan fingerprint density at radius 1 is 1.21 bits per heavy atom. The summed E-state index contributed by atoms with van der Waals surface area (Å²) in [7, 11) is 1.87. The number of anilines is 2. The molecule has 1 aromatic rings. The lowest BCUT2D eigenvalue weighted by Crippen LogP contribution is -2.37. The van der Waals surface area contributed by atoms with Crippen molar-refractivity contribution in [3.63, 3.8) is 0 Å². The Bertz CT molecular complexity index is 461. The largest absolute Gasteiger partial charge is 0.395 e. The third-order valence-electron chi connectivity index (χ3n) is 4.31. The predicted octanol–water partition coefficient (Wildman–Crippen LogP) is 3.95. The lowest BCUT2D eigenvalue weighted by atomic mass is 9.75. The van der Waals surface area contributed by atoms with Crippen molar-refractivity contribution in [3.05, 3.63) is 23.8 Å². The van der Waals surface area contributed by atoms with E-state index in [0.717, 1.165) is 31.7 Å². The van der Waals surface area contributed by atoms with Gasteiger partial charge in [0, 0.05) is 19.2 Å². The van der Waals surface area contributed by atoms with Gasteiger partial charge in [-0.15, -0.1) is 0 Å². The molecule has 4 heteroatoms. The van der Waals surface area contributed by atoms with Crippen LogP contribution in [0.5, 0.6) is 0 Å². The molecule has 0 amide bonds. The van der Waals surface area contributed by atoms with E-state index < -0.39 is 11.6 Å². The van der Waals surface area contributed by atoms with Crippen LogP contribution in [0, 0.1) is 17.0 Å². The molecule has 2 rings (SSSR count). The summed E-state index contributed by atoms with van der Waals surface area (Å²) in [6.07, 6.45) is 4.31. The molecule has 0 spiro atoms. The van der Waals surface area contributed by atoms with Crippen molar-refractivity contribution in [2.45, 2.75) is 45.6 Å². The summed E-state index contributed by atoms with van der Waals surface area (Å²) in [6.45, 7) is 4.53. The van der Waals surface area contributed by atoms with E-state index in [0.29, 0.717) is 17.1 Å². The van der Waals surface area contributed by atoms with Gasteiger partial charge in [-0.05, 0) is 37.2 Å². The molecular formula is C15H22F2N2. The molecule has 2 N–H and O–H groups in total. The summed E-state index contributed by atoms with van der Waals surface area (Å²) in [6, 6.07) is 2.45. The number of hydrogen-bond acceptors (Lipinski definition) is 2. The van der Waals surface area contributed by atoms with Crippen LogP contribution in [0.25, 0.3) is 0 Å². The smallest absolute Gasteiger partial charge is 0.151 e. The molecule has 0 bridgehead atoms. The molecule has 0 aromatic heterocycles. The lowest BCUT2D eigenvalue weighted by Gasteiger charge is -2.39. The van der Waals surface area contributed by atoms with Gasteiger partial charge in [-0.3, -0.25) is 0 Å². The average molecular weight is 268 g/mol. The monoisotopic (exact) mass is 268 g/mol. The fraction of sp³-hybridized carbons (Fsp3) is 0.600. The van der Waals surface area contributed by atoms with Gasteiger partial charge in [0.1, 0.15) is 5.82 Å². The topological polar surface area (TPSA) is 29.3 Å². The molecule has 1 fully saturated rings. The molecule has 19 heavy (non-hydrogen) atoms. The Hall–Kier alpha value is -1.32. The average Bonchev–Trinajstić information content (AvgIpc) is 2.33. The van der Waals surface area contributed by atoms with Gasteiger partial charge >= 0.3 is 0 Å². The summed E-state index contributed by atoms with van der Waals surface area (Å²) in [5, 5.41) is 0. The zero-order valence-electron chi connectivity index (χ0n) is 11.8. The first-order chi connectivity index (χ1) is 8.80. The Morgan fingerprint density at radius 2 is 1.79 bits per heavy atom. The Kier molecular flexibility index (Phi) is 3.70. The number of rotatable bonds is 2. The van der Waals surface area contributed by atoms with Crippen LogP contribution in [0.15, 0.2) is 12.1 Å². The van der Waals surface area contributed by atoms with Gasteiger partial charge in [-0.25, -0.2) is 8.78 Å². The minimum absolute atomic E-state index is 0.0359. The molecule has 0 unspecified atom stereocenters. The van der Waals surface area contributed by atoms with E-state index in [1.54, 1.807) is 0 Å². The first kappa shape index (κ1) is 14.1. The van der Waals surface area contributed by atoms with Crippen molar-refractivity contribution in [3.8, 4) is 0 Å². The number of nitrogens with zero attached hydrogens (tertiary/aromatic N) is 1. The molecule has 0 aliphatic heterocycles. The van der Waals surface area contributed by atoms with Crippen LogP contribution >= 0.6 is 0 Å². The molecular weight excluding hydrogens is 246 g/mol. The molecule has 0 heterocycles. The molecule has 0 radical (unpaired) electrons. The molecule has 0 atom stereocenters. The van der Waals surface area contributed by atoms with Crippen molar-refractivity contribution < 1.29 is 8.78 Å². The zero-order valence-corrected chi connectivity index (χ0v) is 11.8. The van der Waals surface area contributed by atoms with Gasteiger partial charge in [0.15, 0.2) is 5.82 Å². The molecule has 1 aliphatic rings. The zero-order chi connectivity index (χ0) is 14.2. The second-order valence-electron chi connectivity index (χ2n) is 6.33. The fourth-order valence-corrected chi connectivity index (χ4v) is 2.83. The Morgan fingerprint density at radius 3 is 2.37 bits per heavy atom. The van der Waals surface area contributed by atoms with Crippen molar-refractivity contribution in [2.75, 3.05) is 17.7 Å². The van der Waals surface area contributed by atoms with Gasteiger partial charge in [-0.1, -0.05) is 13.8 Å². The maximum absolute atomic E-state index is 13.5. The number of halogens is 2. The number of nitrogens with two attached hydrogens (primary N) is 1. The molecule has 1 aromatic carbocycles. The van der Waals surface area contributed by atoms with E-state index in [2.05, 4.69) is 13.8 Å². The first-order valence-corrected chi connectivity index (χ1v) is 6.77. The van der Waals surface area contributed by atoms with Crippen LogP contribution in [-0.2, 0) is 0 Å². The van der Waals surface area contributed by atoms with Crippen molar-refractivity contribution in [1.82, 2.24) is 0 Å². The summed E-state index contributed by atoms with van der Waals surface area (Å²) in [4.78, 5) is 1.93. The summed E-state index contributed by atoms with van der Waals surface area (Å²) < 4.78 is 26.8. The van der Waals surface area contributed by atoms with Gasteiger partial charge in [-0.2, -0.15) is 0 Å². The third-order valence-corrected chi connectivity index (χ3v) is 4.31. The van der Waals surface area contributed by atoms with Crippen LogP contribution in [-0.4, -0.2) is 13.1 Å². The quantitative estimate of drug-likeness (QED) is 0.823. The maximum Gasteiger partial charge on any atom is 0.151 e. The van der Waals surface area contributed by atoms with Crippen LogP contribution in [0.3, 0.4) is 0 Å². The van der Waals surface area contributed by atoms with Crippen LogP contribution in [0.2, 0.25) is 0 Å². The number of benzene rings is 1. The Labute approximate surface area is 113 Å². The highest BCUT2D eigenvalue weighted by Crippen LogP contribution is 2.39. The minimum atomic E-state index is -0.682. The second-order valence-corrected chi connectivity index (χ2v) is 6.33. The van der Waals surface area contributed by atoms with E-state index in [1.165, 1.54) is 6.07 Å². The van der Waals surface area contributed by atoms with Gasteiger partial charge < -0.3 is 10.6 Å². The van der Waals surface area contributed by atoms with E-state index >= 15 is 0 Å². The van der Waals surface area contributed by atoms with E-state index in [4.69, 9.17) is 5.73 Å². The first-order valence-electron chi connectivity index (χ1n) is 6.77. The summed E-state index contributed by atoms with van der Waals surface area (Å²) >= 11 is 0. The number of nitrogen functional groups attached to an aromatic ring is 1. The maximum atomic E-state index is 13.5. The summed E-state index contributed by atoms with van der Waals surface area (Å²) in [5.74, 6) is -1.26. The highest BCUT2D eigenvalue weighted by molar-refractivity contribution is 5.68. The van der Waals surface area contributed by atoms with Crippen LogP contribution in [0.1, 0.15) is 39.5 Å². The van der Waals surface area contributed by atoms with E-state index in [1.807, 2.05) is 11.9 Å². The molecule has 1 aliphatic carbocycles. The van der Waals surface area contributed by atoms with Gasteiger partial charge in [0.25, 0.3) is 0 Å². The Balaban J connectivity index is 2.19. The van der Waals surface area contributed by atoms with Crippen molar-refractivity contribution in [1.29, 1.82) is 0 Å². The molecule has 2 nitrogen and oxygen atoms in total. The normalized spacial score (nSPS) is 19.4. The van der Waals surface area contributed by atoms with E-state index in [-0.39, 0.29) is 5.69 Å². The van der Waals surface area contributed by atoms with Crippen molar-refractivity contribution >= 4 is 11.4 Å². The highest BCUT2D eigenvalue weighted by Gasteiger charge is 2.29. The fourth-order valence-electron chi connectivity index (χ4n) is 2.83. The molecule has 0 saturated heterocycles. The third kappa shape index (κ3) is 2.99. The minimum Gasteiger partial charge on any atom is -0.395 e. The SMILES string of the molecule is CN(c1cc(F)cc(F)c1N)C1CCC(C)(C)CC1. The molecule has 106 valence electrons. The van der Waals surface area contributed by atoms with Crippen LogP contribution in [0.4, 0.5) is 20.2 Å². The highest BCUT2D eigenvalue weighted by atomic mass is 19.1. The van der Waals surface area contributed by atoms with Gasteiger partial charge in [0.05, 0.1) is 11.4 Å². The second kappa shape index (κ2) is 4.99. The van der Waals surface area contributed by atoms with Crippen molar-refractivity contribution in [2.24, 2.45) is 5.41 Å². The lowest BCUT2D eigenvalue weighted by molar-refractivity contribution is 0.222. The summed E-state index contributed by atoms with van der Waals surface area (Å²) in [5.41, 5.74) is 6.60. The number of hydrogen-bond donors (Lipinski definition) is 1.